The highest BCUT2D eigenvalue weighted by atomic mass is 16.5. The third kappa shape index (κ3) is 5.50. The number of nitrogens with one attached hydrogen (secondary N) is 1. The maximum Gasteiger partial charge on any atom is 0.252 e. The van der Waals surface area contributed by atoms with Gasteiger partial charge in [-0.2, -0.15) is 0 Å². The molecule has 0 radical (unpaired) electrons. The number of hydrogen-bond acceptors (Lipinski definition) is 6. The quantitative estimate of drug-likeness (QED) is 0.285. The summed E-state index contributed by atoms with van der Waals surface area (Å²) >= 11 is 0. The minimum absolute atomic E-state index is 0.0717. The van der Waals surface area contributed by atoms with E-state index in [0.717, 1.165) is 45.6 Å². The molecule has 0 aliphatic rings. The lowest BCUT2D eigenvalue weighted by Crippen LogP contribution is -2.32. The van der Waals surface area contributed by atoms with E-state index < -0.39 is 0 Å². The predicted octanol–water partition coefficient (Wildman–Crippen LogP) is 5.03. The monoisotopic (exact) mass is 508 g/mol. The summed E-state index contributed by atoms with van der Waals surface area (Å²) in [5.74, 6) is 1.58. The molecule has 0 aliphatic carbocycles. The summed E-state index contributed by atoms with van der Waals surface area (Å²) in [5, 5.41) is 13.8. The summed E-state index contributed by atoms with van der Waals surface area (Å²) in [6.45, 7) is 5.79. The third-order valence-corrected chi connectivity index (χ3v) is 6.94. The molecule has 5 aromatic rings. The van der Waals surface area contributed by atoms with Crippen LogP contribution in [0.2, 0.25) is 0 Å². The molecule has 1 atom stereocenters. The Kier molecular flexibility index (Phi) is 7.60. The predicted molar refractivity (Wildman–Crippen MR) is 148 cm³/mol. The minimum atomic E-state index is -0.101. The van der Waals surface area contributed by atoms with Crippen molar-refractivity contribution >= 4 is 10.9 Å². The zero-order chi connectivity index (χ0) is 26.5. The summed E-state index contributed by atoms with van der Waals surface area (Å²) < 4.78 is 7.14. The molecule has 0 bridgehead atoms. The molecule has 8 heteroatoms. The molecule has 3 aromatic carbocycles. The van der Waals surface area contributed by atoms with E-state index in [1.807, 2.05) is 78.3 Å². The number of tetrazole rings is 1. The van der Waals surface area contributed by atoms with E-state index in [4.69, 9.17) is 4.74 Å². The number of para-hydroxylation sites is 1. The van der Waals surface area contributed by atoms with E-state index in [9.17, 15) is 4.79 Å². The summed E-state index contributed by atoms with van der Waals surface area (Å²) in [5.41, 5.74) is 4.81. The van der Waals surface area contributed by atoms with Crippen molar-refractivity contribution in [3.05, 3.63) is 117 Å². The molecule has 0 amide bonds. The highest BCUT2D eigenvalue weighted by Gasteiger charge is 2.26. The number of rotatable bonds is 10. The Morgan fingerprint density at radius 1 is 0.974 bits per heavy atom. The van der Waals surface area contributed by atoms with Crippen molar-refractivity contribution in [1.29, 1.82) is 0 Å². The molecule has 0 fully saturated rings. The zero-order valence-corrected chi connectivity index (χ0v) is 22.0. The fourth-order valence-corrected chi connectivity index (χ4v) is 4.93. The number of hydrogen-bond donors (Lipinski definition) is 1. The normalized spacial score (nSPS) is 12.2. The maximum absolute atomic E-state index is 13.2. The second kappa shape index (κ2) is 11.4. The first kappa shape index (κ1) is 25.4. The first-order chi connectivity index (χ1) is 18.6. The number of aryl methyl sites for hydroxylation is 1. The molecular weight excluding hydrogens is 476 g/mol. The van der Waals surface area contributed by atoms with Gasteiger partial charge in [0, 0.05) is 18.7 Å². The molecular formula is C30H32N6O2. The number of fused-ring (bicyclic) bond motifs is 1. The first-order valence-corrected chi connectivity index (χ1v) is 12.8. The van der Waals surface area contributed by atoms with Gasteiger partial charge in [-0.1, -0.05) is 67.6 Å². The SMILES string of the molecule is CC[C@@H](c1nnnn1Cc1ccc(OC)cc1)N(Cc1ccccc1)Cc1cc2cccc(C)c2[nH]c1=O. The van der Waals surface area contributed by atoms with Gasteiger partial charge in [0.2, 0.25) is 0 Å². The van der Waals surface area contributed by atoms with Gasteiger partial charge in [0.25, 0.3) is 5.56 Å². The van der Waals surface area contributed by atoms with Crippen molar-refractivity contribution in [2.24, 2.45) is 0 Å². The molecule has 0 aliphatic heterocycles. The molecule has 0 spiro atoms. The Balaban J connectivity index is 1.50. The van der Waals surface area contributed by atoms with Crippen LogP contribution in [0.4, 0.5) is 0 Å². The number of pyridine rings is 1. The van der Waals surface area contributed by atoms with Crippen molar-refractivity contribution in [2.75, 3.05) is 7.11 Å². The number of methoxy groups -OCH3 is 1. The van der Waals surface area contributed by atoms with Crippen molar-refractivity contribution in [3.8, 4) is 5.75 Å². The number of nitrogens with zero attached hydrogens (tertiary/aromatic N) is 5. The largest absolute Gasteiger partial charge is 0.497 e. The lowest BCUT2D eigenvalue weighted by atomic mass is 10.1. The summed E-state index contributed by atoms with van der Waals surface area (Å²) in [4.78, 5) is 18.6. The van der Waals surface area contributed by atoms with Crippen LogP contribution in [0.25, 0.3) is 10.9 Å². The highest BCUT2D eigenvalue weighted by molar-refractivity contribution is 5.81. The van der Waals surface area contributed by atoms with Gasteiger partial charge in [0.05, 0.1) is 25.2 Å². The van der Waals surface area contributed by atoms with Crippen molar-refractivity contribution in [1.82, 2.24) is 30.1 Å². The Bertz CT molecular complexity index is 1560. The molecule has 5 rings (SSSR count). The average molecular weight is 509 g/mol. The smallest absolute Gasteiger partial charge is 0.252 e. The number of benzene rings is 3. The summed E-state index contributed by atoms with van der Waals surface area (Å²) in [6.07, 6.45) is 0.778. The van der Waals surface area contributed by atoms with Gasteiger partial charge in [0.15, 0.2) is 5.82 Å². The summed E-state index contributed by atoms with van der Waals surface area (Å²) in [6, 6.07) is 26.2. The van der Waals surface area contributed by atoms with Crippen molar-refractivity contribution in [2.45, 2.75) is 45.9 Å². The number of aromatic nitrogens is 5. The lowest BCUT2D eigenvalue weighted by molar-refractivity contribution is 0.161. The second-order valence-corrected chi connectivity index (χ2v) is 9.52. The Morgan fingerprint density at radius 3 is 2.50 bits per heavy atom. The van der Waals surface area contributed by atoms with E-state index in [2.05, 4.69) is 44.5 Å². The topological polar surface area (TPSA) is 88.9 Å². The van der Waals surface area contributed by atoms with Crippen LogP contribution in [0.3, 0.4) is 0 Å². The van der Waals surface area contributed by atoms with Gasteiger partial charge < -0.3 is 9.72 Å². The van der Waals surface area contributed by atoms with Gasteiger partial charge in [-0.25, -0.2) is 4.68 Å². The van der Waals surface area contributed by atoms with E-state index in [-0.39, 0.29) is 11.6 Å². The molecule has 2 heterocycles. The third-order valence-electron chi connectivity index (χ3n) is 6.94. The fraction of sp³-hybridized carbons (Fsp3) is 0.267. The Labute approximate surface area is 221 Å². The van der Waals surface area contributed by atoms with Crippen LogP contribution in [0.1, 0.15) is 47.5 Å². The maximum atomic E-state index is 13.2. The van der Waals surface area contributed by atoms with Crippen LogP contribution < -0.4 is 10.3 Å². The Morgan fingerprint density at radius 2 is 1.76 bits per heavy atom. The molecule has 38 heavy (non-hydrogen) atoms. The van der Waals surface area contributed by atoms with Gasteiger partial charge in [-0.15, -0.1) is 5.10 Å². The van der Waals surface area contributed by atoms with E-state index in [1.54, 1.807) is 7.11 Å². The fourth-order valence-electron chi connectivity index (χ4n) is 4.93. The van der Waals surface area contributed by atoms with Crippen LogP contribution in [-0.4, -0.2) is 37.2 Å². The standard InChI is InChI=1S/C30H32N6O2/c1-4-27(29-32-33-34-36(29)19-23-13-15-26(38-3)16-14-23)35(18-22-10-6-5-7-11-22)20-25-17-24-12-8-9-21(2)28(24)31-30(25)37/h5-17,27H,4,18-20H2,1-3H3,(H,31,37)/t27-/m0/s1. The molecule has 8 nitrogen and oxygen atoms in total. The molecule has 0 saturated heterocycles. The average Bonchev–Trinajstić information content (AvgIpc) is 3.38. The van der Waals surface area contributed by atoms with Gasteiger partial charge in [-0.3, -0.25) is 9.69 Å². The molecule has 0 unspecified atom stereocenters. The van der Waals surface area contributed by atoms with Gasteiger partial charge >= 0.3 is 0 Å². The Hall–Kier alpha value is -4.30. The van der Waals surface area contributed by atoms with Crippen molar-refractivity contribution in [3.63, 3.8) is 0 Å². The number of H-pyrrole nitrogens is 1. The molecule has 0 saturated carbocycles. The minimum Gasteiger partial charge on any atom is -0.497 e. The van der Waals surface area contributed by atoms with E-state index in [1.165, 1.54) is 0 Å². The van der Waals surface area contributed by atoms with Gasteiger partial charge in [0.1, 0.15) is 5.75 Å². The lowest BCUT2D eigenvalue weighted by Gasteiger charge is -2.30. The first-order valence-electron chi connectivity index (χ1n) is 12.8. The molecule has 194 valence electrons. The van der Waals surface area contributed by atoms with Crippen LogP contribution in [-0.2, 0) is 19.6 Å². The molecule has 1 N–H and O–H groups in total. The zero-order valence-electron chi connectivity index (χ0n) is 22.0. The van der Waals surface area contributed by atoms with Crippen LogP contribution in [0.15, 0.2) is 83.7 Å². The van der Waals surface area contributed by atoms with Crippen molar-refractivity contribution < 1.29 is 4.74 Å². The number of ether oxygens (including phenoxy) is 1. The highest BCUT2D eigenvalue weighted by Crippen LogP contribution is 2.27. The van der Waals surface area contributed by atoms with Crippen LogP contribution in [0, 0.1) is 6.92 Å². The molecule has 2 aromatic heterocycles. The second-order valence-electron chi connectivity index (χ2n) is 9.52. The van der Waals surface area contributed by atoms with E-state index >= 15 is 0 Å². The van der Waals surface area contributed by atoms with Crippen LogP contribution >= 0.6 is 0 Å². The van der Waals surface area contributed by atoms with E-state index in [0.29, 0.717) is 25.2 Å². The van der Waals surface area contributed by atoms with Crippen LogP contribution in [0.5, 0.6) is 5.75 Å². The van der Waals surface area contributed by atoms with Gasteiger partial charge in [-0.05, 0) is 64.0 Å². The summed E-state index contributed by atoms with van der Waals surface area (Å²) in [7, 11) is 1.66. The number of aromatic amines is 1.